The summed E-state index contributed by atoms with van der Waals surface area (Å²) >= 11 is 1.49. The van der Waals surface area contributed by atoms with Crippen LogP contribution in [0.1, 0.15) is 41.3 Å². The molecule has 0 radical (unpaired) electrons. The molecule has 0 bridgehead atoms. The number of carbonyl (C=O) groups excluding carboxylic acids is 1. The average molecular weight is 399 g/mol. The van der Waals surface area contributed by atoms with Gasteiger partial charge in [0.15, 0.2) is 0 Å². The SMILES string of the molecule is CC[C@H](C)N(Cc1csc(COc2ccccc2)n1)C(=O)c1ccccc1F. The summed E-state index contributed by atoms with van der Waals surface area (Å²) in [7, 11) is 0. The molecule has 1 atom stereocenters. The molecule has 1 heterocycles. The molecule has 0 spiro atoms. The number of para-hydroxylation sites is 1. The smallest absolute Gasteiger partial charge is 0.257 e. The van der Waals surface area contributed by atoms with Gasteiger partial charge in [0, 0.05) is 11.4 Å². The lowest BCUT2D eigenvalue weighted by Gasteiger charge is -2.28. The Labute approximate surface area is 168 Å². The van der Waals surface area contributed by atoms with E-state index >= 15 is 0 Å². The number of rotatable bonds is 8. The van der Waals surface area contributed by atoms with Crippen molar-refractivity contribution in [3.8, 4) is 5.75 Å². The van der Waals surface area contributed by atoms with Gasteiger partial charge in [-0.25, -0.2) is 9.37 Å². The predicted octanol–water partition coefficient (Wildman–Crippen LogP) is 5.30. The summed E-state index contributed by atoms with van der Waals surface area (Å²) in [6.07, 6.45) is 0.772. The molecule has 3 rings (SSSR count). The van der Waals surface area contributed by atoms with Gasteiger partial charge in [0.2, 0.25) is 0 Å². The Balaban J connectivity index is 1.70. The lowest BCUT2D eigenvalue weighted by Crippen LogP contribution is -2.38. The highest BCUT2D eigenvalue weighted by atomic mass is 32.1. The second-order valence-corrected chi connectivity index (χ2v) is 7.45. The lowest BCUT2D eigenvalue weighted by molar-refractivity contribution is 0.0664. The van der Waals surface area contributed by atoms with E-state index in [-0.39, 0.29) is 17.5 Å². The minimum atomic E-state index is -0.504. The summed E-state index contributed by atoms with van der Waals surface area (Å²) in [4.78, 5) is 19.2. The second kappa shape index (κ2) is 9.46. The number of benzene rings is 2. The van der Waals surface area contributed by atoms with Crippen LogP contribution in [-0.4, -0.2) is 21.8 Å². The largest absolute Gasteiger partial charge is 0.486 e. The molecule has 1 amide bonds. The zero-order valence-corrected chi connectivity index (χ0v) is 16.8. The Kier molecular flexibility index (Phi) is 6.76. The van der Waals surface area contributed by atoms with Crippen molar-refractivity contribution in [2.75, 3.05) is 0 Å². The number of aromatic nitrogens is 1. The Morgan fingerprint density at radius 1 is 1.18 bits per heavy atom. The fourth-order valence-electron chi connectivity index (χ4n) is 2.76. The molecular formula is C22H23FN2O2S. The van der Waals surface area contributed by atoms with Crippen molar-refractivity contribution in [1.82, 2.24) is 9.88 Å². The van der Waals surface area contributed by atoms with Crippen LogP contribution in [0.5, 0.6) is 5.75 Å². The molecule has 0 unspecified atom stereocenters. The molecule has 28 heavy (non-hydrogen) atoms. The number of carbonyl (C=O) groups is 1. The topological polar surface area (TPSA) is 42.4 Å². The van der Waals surface area contributed by atoms with Gasteiger partial charge in [0.25, 0.3) is 5.91 Å². The second-order valence-electron chi connectivity index (χ2n) is 6.50. The van der Waals surface area contributed by atoms with Crippen molar-refractivity contribution in [2.45, 2.75) is 39.5 Å². The monoisotopic (exact) mass is 398 g/mol. The summed E-state index contributed by atoms with van der Waals surface area (Å²) in [5, 5.41) is 2.76. The van der Waals surface area contributed by atoms with Crippen LogP contribution < -0.4 is 4.74 Å². The van der Waals surface area contributed by atoms with Crippen molar-refractivity contribution < 1.29 is 13.9 Å². The molecule has 0 saturated heterocycles. The molecule has 4 nitrogen and oxygen atoms in total. The maximum atomic E-state index is 14.1. The van der Waals surface area contributed by atoms with Gasteiger partial charge in [-0.05, 0) is 37.6 Å². The first kappa shape index (κ1) is 20.0. The molecule has 0 aliphatic carbocycles. The van der Waals surface area contributed by atoms with Crippen LogP contribution in [0.25, 0.3) is 0 Å². The van der Waals surface area contributed by atoms with Crippen LogP contribution in [0.2, 0.25) is 0 Å². The van der Waals surface area contributed by atoms with Crippen LogP contribution in [0.15, 0.2) is 60.0 Å². The van der Waals surface area contributed by atoms with E-state index in [4.69, 9.17) is 4.74 Å². The zero-order valence-electron chi connectivity index (χ0n) is 16.0. The zero-order chi connectivity index (χ0) is 19.9. The molecule has 0 fully saturated rings. The minimum Gasteiger partial charge on any atom is -0.486 e. The van der Waals surface area contributed by atoms with Gasteiger partial charge >= 0.3 is 0 Å². The van der Waals surface area contributed by atoms with Crippen LogP contribution in [0.3, 0.4) is 0 Å². The first-order valence-corrected chi connectivity index (χ1v) is 10.1. The van der Waals surface area contributed by atoms with Crippen molar-refractivity contribution in [2.24, 2.45) is 0 Å². The highest BCUT2D eigenvalue weighted by molar-refractivity contribution is 7.09. The van der Waals surface area contributed by atoms with E-state index in [1.54, 1.807) is 17.0 Å². The Hall–Kier alpha value is -2.73. The molecular weight excluding hydrogens is 375 g/mol. The minimum absolute atomic E-state index is 0.0298. The van der Waals surface area contributed by atoms with Crippen LogP contribution in [0.4, 0.5) is 4.39 Å². The highest BCUT2D eigenvalue weighted by Crippen LogP contribution is 2.20. The molecule has 3 aromatic rings. The first-order valence-electron chi connectivity index (χ1n) is 9.25. The number of nitrogens with zero attached hydrogens (tertiary/aromatic N) is 2. The summed E-state index contributed by atoms with van der Waals surface area (Å²) in [6, 6.07) is 15.6. The van der Waals surface area contributed by atoms with Gasteiger partial charge in [0.05, 0.1) is 17.8 Å². The van der Waals surface area contributed by atoms with Crippen LogP contribution >= 0.6 is 11.3 Å². The van der Waals surface area contributed by atoms with Gasteiger partial charge in [-0.15, -0.1) is 11.3 Å². The van der Waals surface area contributed by atoms with Crippen LogP contribution in [0, 0.1) is 5.82 Å². The van der Waals surface area contributed by atoms with E-state index < -0.39 is 5.82 Å². The van der Waals surface area contributed by atoms with Crippen molar-refractivity contribution >= 4 is 17.2 Å². The number of halogens is 1. The molecule has 2 aromatic carbocycles. The van der Waals surface area contributed by atoms with E-state index in [0.717, 1.165) is 22.9 Å². The molecule has 0 aliphatic heterocycles. The predicted molar refractivity (Wildman–Crippen MR) is 109 cm³/mol. The standard InChI is InChI=1S/C22H23FN2O2S/c1-3-16(2)25(22(26)19-11-7-8-12-20(19)23)13-17-15-28-21(24-17)14-27-18-9-5-4-6-10-18/h4-12,15-16H,3,13-14H2,1-2H3/t16-/m0/s1. The van der Waals surface area contributed by atoms with E-state index in [0.29, 0.717) is 13.2 Å². The Morgan fingerprint density at radius 3 is 2.61 bits per heavy atom. The van der Waals surface area contributed by atoms with Crippen LogP contribution in [-0.2, 0) is 13.2 Å². The fourth-order valence-corrected chi connectivity index (χ4v) is 3.46. The number of hydrogen-bond donors (Lipinski definition) is 0. The normalized spacial score (nSPS) is 11.8. The Morgan fingerprint density at radius 2 is 1.89 bits per heavy atom. The van der Waals surface area contributed by atoms with Gasteiger partial charge < -0.3 is 9.64 Å². The number of thiazole rings is 1. The average Bonchev–Trinajstić information content (AvgIpc) is 3.18. The van der Waals surface area contributed by atoms with E-state index in [9.17, 15) is 9.18 Å². The molecule has 0 N–H and O–H groups in total. The maximum absolute atomic E-state index is 14.1. The summed E-state index contributed by atoms with van der Waals surface area (Å²) in [5.74, 6) is -0.0335. The Bertz CT molecular complexity index is 914. The third kappa shape index (κ3) is 4.95. The summed E-state index contributed by atoms with van der Waals surface area (Å²) in [6.45, 7) is 4.68. The fraction of sp³-hybridized carbons (Fsp3) is 0.273. The van der Waals surface area contributed by atoms with Gasteiger partial charge in [-0.1, -0.05) is 37.3 Å². The molecule has 0 saturated carbocycles. The highest BCUT2D eigenvalue weighted by Gasteiger charge is 2.24. The molecule has 1 aromatic heterocycles. The van der Waals surface area contributed by atoms with Crippen molar-refractivity contribution in [3.63, 3.8) is 0 Å². The van der Waals surface area contributed by atoms with Gasteiger partial charge in [-0.2, -0.15) is 0 Å². The summed E-state index contributed by atoms with van der Waals surface area (Å²) in [5.41, 5.74) is 0.868. The first-order chi connectivity index (χ1) is 13.6. The number of amides is 1. The summed E-state index contributed by atoms with van der Waals surface area (Å²) < 4.78 is 19.8. The molecule has 6 heteroatoms. The molecule has 146 valence electrons. The van der Waals surface area contributed by atoms with Gasteiger partial charge in [0.1, 0.15) is 23.2 Å². The number of hydrogen-bond acceptors (Lipinski definition) is 4. The third-order valence-electron chi connectivity index (χ3n) is 4.53. The molecule has 0 aliphatic rings. The van der Waals surface area contributed by atoms with Crippen molar-refractivity contribution in [1.29, 1.82) is 0 Å². The van der Waals surface area contributed by atoms with Crippen molar-refractivity contribution in [3.05, 3.63) is 82.1 Å². The van der Waals surface area contributed by atoms with Gasteiger partial charge in [-0.3, -0.25) is 4.79 Å². The van der Waals surface area contributed by atoms with E-state index in [1.807, 2.05) is 49.6 Å². The maximum Gasteiger partial charge on any atom is 0.257 e. The lowest BCUT2D eigenvalue weighted by atomic mass is 10.1. The number of ether oxygens (including phenoxy) is 1. The van der Waals surface area contributed by atoms with E-state index in [2.05, 4.69) is 4.98 Å². The third-order valence-corrected chi connectivity index (χ3v) is 5.40. The van der Waals surface area contributed by atoms with E-state index in [1.165, 1.54) is 23.5 Å². The quantitative estimate of drug-likeness (QED) is 0.517.